The number of ether oxygens (including phenoxy) is 2. The lowest BCUT2D eigenvalue weighted by molar-refractivity contribution is 0.198. The summed E-state index contributed by atoms with van der Waals surface area (Å²) < 4.78 is 16.0. The average molecular weight is 448 g/mol. The number of nitrogens with zero attached hydrogens (tertiary/aromatic N) is 2. The van der Waals surface area contributed by atoms with Crippen molar-refractivity contribution in [2.75, 3.05) is 32.1 Å². The van der Waals surface area contributed by atoms with Crippen LogP contribution in [-0.2, 0) is 6.42 Å². The minimum atomic E-state index is -0.129. The molecule has 0 bridgehead atoms. The van der Waals surface area contributed by atoms with Crippen molar-refractivity contribution in [3.63, 3.8) is 0 Å². The zero-order valence-corrected chi connectivity index (χ0v) is 19.0. The van der Waals surface area contributed by atoms with E-state index in [1.54, 1.807) is 7.11 Å². The normalized spacial score (nSPS) is 17.1. The van der Waals surface area contributed by atoms with Crippen molar-refractivity contribution in [2.45, 2.75) is 19.8 Å². The first-order valence-corrected chi connectivity index (χ1v) is 11.1. The number of hydrogen-bond donors (Lipinski definition) is 1. The van der Waals surface area contributed by atoms with Gasteiger partial charge in [-0.25, -0.2) is 4.79 Å². The van der Waals surface area contributed by atoms with Crippen molar-refractivity contribution in [3.05, 3.63) is 77.7 Å². The second-order valence-corrected chi connectivity index (χ2v) is 8.18. The minimum absolute atomic E-state index is 0.129. The first-order valence-electron chi connectivity index (χ1n) is 11.1. The van der Waals surface area contributed by atoms with Crippen LogP contribution in [0.1, 0.15) is 24.5 Å². The van der Waals surface area contributed by atoms with Gasteiger partial charge in [0.1, 0.15) is 23.4 Å². The standard InChI is InChI=1S/C26H29N3O4/c1-19-17-29(26(30)28-23-16-27-33-18-23)11-9-22(19)13-21-6-4-8-25(15-21)32-12-10-20-5-3-7-24(14-20)31-2/h3-8,13-16,18-19H,9-12,17H2,1-2H3,(H,28,30). The summed E-state index contributed by atoms with van der Waals surface area (Å²) in [6.07, 6.45) is 6.77. The quantitative estimate of drug-likeness (QED) is 0.534. The molecule has 1 fully saturated rings. The third kappa shape index (κ3) is 6.16. The number of carbonyl (C=O) groups is 1. The number of piperidine rings is 1. The maximum Gasteiger partial charge on any atom is 0.322 e. The van der Waals surface area contributed by atoms with Crippen LogP contribution in [0.15, 0.2) is 71.1 Å². The predicted molar refractivity (Wildman–Crippen MR) is 127 cm³/mol. The summed E-state index contributed by atoms with van der Waals surface area (Å²) in [6, 6.07) is 16.1. The molecule has 1 aliphatic rings. The van der Waals surface area contributed by atoms with Crippen molar-refractivity contribution in [2.24, 2.45) is 5.92 Å². The molecule has 1 saturated heterocycles. The van der Waals surface area contributed by atoms with E-state index in [0.29, 0.717) is 25.4 Å². The maximum absolute atomic E-state index is 12.5. The Kier molecular flexibility index (Phi) is 7.29. The molecule has 2 amide bonds. The van der Waals surface area contributed by atoms with Crippen molar-refractivity contribution < 1.29 is 18.8 Å². The van der Waals surface area contributed by atoms with E-state index < -0.39 is 0 Å². The highest BCUT2D eigenvalue weighted by Gasteiger charge is 2.24. The second-order valence-electron chi connectivity index (χ2n) is 8.18. The lowest BCUT2D eigenvalue weighted by Gasteiger charge is -2.33. The summed E-state index contributed by atoms with van der Waals surface area (Å²) in [5.41, 5.74) is 4.19. The van der Waals surface area contributed by atoms with Crippen LogP contribution in [0.3, 0.4) is 0 Å². The van der Waals surface area contributed by atoms with E-state index in [0.717, 1.165) is 29.9 Å². The van der Waals surface area contributed by atoms with Crippen LogP contribution in [0, 0.1) is 5.92 Å². The van der Waals surface area contributed by atoms with Gasteiger partial charge < -0.3 is 24.2 Å². The van der Waals surface area contributed by atoms with Gasteiger partial charge in [-0.05, 0) is 47.7 Å². The topological polar surface area (TPSA) is 76.8 Å². The molecule has 33 heavy (non-hydrogen) atoms. The number of carbonyl (C=O) groups excluding carboxylic acids is 1. The summed E-state index contributed by atoms with van der Waals surface area (Å²) >= 11 is 0. The van der Waals surface area contributed by atoms with Gasteiger partial charge >= 0.3 is 6.03 Å². The fourth-order valence-electron chi connectivity index (χ4n) is 3.94. The number of benzene rings is 2. The number of anilines is 1. The third-order valence-corrected chi connectivity index (χ3v) is 5.77. The molecule has 0 radical (unpaired) electrons. The molecule has 0 spiro atoms. The van der Waals surface area contributed by atoms with Gasteiger partial charge in [-0.15, -0.1) is 0 Å². The number of aromatic nitrogens is 1. The molecule has 1 aromatic heterocycles. The first-order chi connectivity index (χ1) is 16.1. The van der Waals surface area contributed by atoms with Crippen LogP contribution in [0.25, 0.3) is 6.08 Å². The van der Waals surface area contributed by atoms with Gasteiger partial charge in [-0.3, -0.25) is 0 Å². The largest absolute Gasteiger partial charge is 0.497 e. The van der Waals surface area contributed by atoms with Crippen LogP contribution in [0.5, 0.6) is 11.5 Å². The van der Waals surface area contributed by atoms with Crippen molar-refractivity contribution in [1.82, 2.24) is 10.1 Å². The molecule has 1 aliphatic heterocycles. The Morgan fingerprint density at radius 3 is 2.88 bits per heavy atom. The minimum Gasteiger partial charge on any atom is -0.497 e. The van der Waals surface area contributed by atoms with E-state index in [1.807, 2.05) is 35.2 Å². The highest BCUT2D eigenvalue weighted by Crippen LogP contribution is 2.26. The SMILES string of the molecule is COc1cccc(CCOc2cccc(C=C3CCN(C(=O)Nc4cnoc4)CC3C)c2)c1. The molecule has 0 saturated carbocycles. The summed E-state index contributed by atoms with van der Waals surface area (Å²) in [7, 11) is 1.67. The molecule has 172 valence electrons. The lowest BCUT2D eigenvalue weighted by Crippen LogP contribution is -2.42. The fraction of sp³-hybridized carbons (Fsp3) is 0.308. The molecule has 2 aromatic carbocycles. The van der Waals surface area contributed by atoms with Gasteiger partial charge in [0.25, 0.3) is 0 Å². The van der Waals surface area contributed by atoms with Gasteiger partial charge in [-0.1, -0.05) is 48.0 Å². The summed E-state index contributed by atoms with van der Waals surface area (Å²) in [6.45, 7) is 4.09. The Labute approximate surface area is 194 Å². The molecule has 7 heteroatoms. The number of likely N-dealkylation sites (tertiary alicyclic amines) is 1. The molecular weight excluding hydrogens is 418 g/mol. The van der Waals surface area contributed by atoms with Gasteiger partial charge in [0, 0.05) is 19.5 Å². The fourth-order valence-corrected chi connectivity index (χ4v) is 3.94. The van der Waals surface area contributed by atoms with Crippen molar-refractivity contribution in [1.29, 1.82) is 0 Å². The highest BCUT2D eigenvalue weighted by molar-refractivity contribution is 5.89. The van der Waals surface area contributed by atoms with E-state index in [-0.39, 0.29) is 11.9 Å². The van der Waals surface area contributed by atoms with E-state index in [1.165, 1.54) is 23.6 Å². The monoisotopic (exact) mass is 447 g/mol. The van der Waals surface area contributed by atoms with Gasteiger partial charge in [0.05, 0.1) is 19.9 Å². The Bertz CT molecular complexity index is 1090. The summed E-state index contributed by atoms with van der Waals surface area (Å²) in [5, 5.41) is 6.42. The van der Waals surface area contributed by atoms with Gasteiger partial charge in [-0.2, -0.15) is 0 Å². The molecule has 7 nitrogen and oxygen atoms in total. The zero-order valence-electron chi connectivity index (χ0n) is 19.0. The predicted octanol–water partition coefficient (Wildman–Crippen LogP) is 5.26. The van der Waals surface area contributed by atoms with Gasteiger partial charge in [0.2, 0.25) is 0 Å². The zero-order chi connectivity index (χ0) is 23.0. The number of nitrogens with one attached hydrogen (secondary N) is 1. The Morgan fingerprint density at radius 1 is 1.24 bits per heavy atom. The molecule has 3 aromatic rings. The van der Waals surface area contributed by atoms with Crippen molar-refractivity contribution in [3.8, 4) is 11.5 Å². The average Bonchev–Trinajstić information content (AvgIpc) is 3.34. The number of methoxy groups -OCH3 is 1. The van der Waals surface area contributed by atoms with Crippen molar-refractivity contribution >= 4 is 17.8 Å². The molecule has 1 N–H and O–H groups in total. The molecule has 1 atom stereocenters. The number of rotatable bonds is 7. The third-order valence-electron chi connectivity index (χ3n) is 5.77. The Morgan fingerprint density at radius 2 is 2.09 bits per heavy atom. The highest BCUT2D eigenvalue weighted by atomic mass is 16.5. The maximum atomic E-state index is 12.5. The lowest BCUT2D eigenvalue weighted by atomic mass is 9.91. The van der Waals surface area contributed by atoms with Crippen LogP contribution in [0.2, 0.25) is 0 Å². The van der Waals surface area contributed by atoms with Crippen LogP contribution >= 0.6 is 0 Å². The molecular formula is C26H29N3O4. The van der Waals surface area contributed by atoms with Crippen LogP contribution in [-0.4, -0.2) is 42.9 Å². The van der Waals surface area contributed by atoms with Crippen LogP contribution in [0.4, 0.5) is 10.5 Å². The van der Waals surface area contributed by atoms with E-state index in [4.69, 9.17) is 14.0 Å². The Hall–Kier alpha value is -3.74. The second kappa shape index (κ2) is 10.7. The summed E-state index contributed by atoms with van der Waals surface area (Å²) in [4.78, 5) is 14.3. The van der Waals surface area contributed by atoms with E-state index in [2.05, 4.69) is 41.7 Å². The molecule has 1 unspecified atom stereocenters. The molecule has 4 rings (SSSR count). The number of hydrogen-bond acceptors (Lipinski definition) is 5. The van der Waals surface area contributed by atoms with Crippen LogP contribution < -0.4 is 14.8 Å². The first kappa shape index (κ1) is 22.5. The Balaban J connectivity index is 1.31. The number of amides is 2. The summed E-state index contributed by atoms with van der Waals surface area (Å²) in [5.74, 6) is 1.98. The van der Waals surface area contributed by atoms with Gasteiger partial charge in [0.15, 0.2) is 0 Å². The molecule has 0 aliphatic carbocycles. The smallest absolute Gasteiger partial charge is 0.322 e. The van der Waals surface area contributed by atoms with E-state index in [9.17, 15) is 4.79 Å². The number of urea groups is 1. The van der Waals surface area contributed by atoms with E-state index >= 15 is 0 Å². The molecule has 2 heterocycles.